The molecule has 1 unspecified atom stereocenters. The van der Waals surface area contributed by atoms with Gasteiger partial charge in [-0.25, -0.2) is 8.42 Å². The molecule has 1 amide bonds. The molecule has 0 bridgehead atoms. The number of rotatable bonds is 2. The van der Waals surface area contributed by atoms with Crippen LogP contribution in [0.5, 0.6) is 5.75 Å². The lowest BCUT2D eigenvalue weighted by molar-refractivity contribution is -0.118. The summed E-state index contributed by atoms with van der Waals surface area (Å²) >= 11 is 6.14. The summed E-state index contributed by atoms with van der Waals surface area (Å²) in [6, 6.07) is 3.13. The molecule has 0 saturated carbocycles. The average Bonchev–Trinajstić information content (AvgIpc) is 2.70. The second-order valence-corrected chi connectivity index (χ2v) is 7.55. The largest absolute Gasteiger partial charge is 0.482 e. The maximum Gasteiger partial charge on any atom is 0.262 e. The van der Waals surface area contributed by atoms with Crippen molar-refractivity contribution in [2.45, 2.75) is 12.5 Å². The Bertz CT molecular complexity index is 674. The van der Waals surface area contributed by atoms with Crippen molar-refractivity contribution in [3.63, 3.8) is 0 Å². The fraction of sp³-hybridized carbons (Fsp3) is 0.417. The highest BCUT2D eigenvalue weighted by Gasteiger charge is 2.28. The van der Waals surface area contributed by atoms with E-state index in [4.69, 9.17) is 16.3 Å². The smallest absolute Gasteiger partial charge is 0.262 e. The van der Waals surface area contributed by atoms with Gasteiger partial charge in [-0.15, -0.1) is 0 Å². The van der Waals surface area contributed by atoms with Gasteiger partial charge in [0.05, 0.1) is 27.9 Å². The first-order valence-electron chi connectivity index (χ1n) is 6.16. The summed E-state index contributed by atoms with van der Waals surface area (Å²) < 4.78 is 28.2. The van der Waals surface area contributed by atoms with Crippen LogP contribution in [0.15, 0.2) is 12.1 Å². The molecule has 6 nitrogen and oxygen atoms in total. The number of benzene rings is 1. The molecule has 1 fully saturated rings. The molecule has 2 aliphatic heterocycles. The Morgan fingerprint density at radius 1 is 1.40 bits per heavy atom. The molecular formula is C12H13ClN2O4S. The summed E-state index contributed by atoms with van der Waals surface area (Å²) in [7, 11) is -2.95. The van der Waals surface area contributed by atoms with E-state index in [0.29, 0.717) is 28.6 Å². The number of halogens is 1. The van der Waals surface area contributed by atoms with Crippen LogP contribution >= 0.6 is 11.6 Å². The quantitative estimate of drug-likeness (QED) is 0.858. The monoisotopic (exact) mass is 316 g/mol. The molecule has 1 aromatic carbocycles. The molecular weight excluding hydrogens is 304 g/mol. The van der Waals surface area contributed by atoms with Crippen molar-refractivity contribution in [3.05, 3.63) is 17.2 Å². The van der Waals surface area contributed by atoms with Crippen molar-refractivity contribution >= 4 is 38.7 Å². The van der Waals surface area contributed by atoms with E-state index in [1.54, 1.807) is 12.1 Å². The lowest BCUT2D eigenvalue weighted by Gasteiger charge is -2.21. The third-order valence-electron chi connectivity index (χ3n) is 3.29. The van der Waals surface area contributed by atoms with Gasteiger partial charge in [0.25, 0.3) is 5.91 Å². The van der Waals surface area contributed by atoms with Gasteiger partial charge >= 0.3 is 0 Å². The second-order valence-electron chi connectivity index (χ2n) is 4.91. The maximum absolute atomic E-state index is 11.4. The zero-order chi connectivity index (χ0) is 14.3. The lowest BCUT2D eigenvalue weighted by Crippen LogP contribution is -2.26. The summed E-state index contributed by atoms with van der Waals surface area (Å²) in [5.74, 6) is 0.603. The Balaban J connectivity index is 1.82. The van der Waals surface area contributed by atoms with Crippen LogP contribution in [0.1, 0.15) is 6.42 Å². The van der Waals surface area contributed by atoms with Gasteiger partial charge in [-0.2, -0.15) is 0 Å². The second kappa shape index (κ2) is 4.82. The van der Waals surface area contributed by atoms with Crippen molar-refractivity contribution in [3.8, 4) is 5.75 Å². The van der Waals surface area contributed by atoms with Crippen LogP contribution in [-0.2, 0) is 14.6 Å². The van der Waals surface area contributed by atoms with Gasteiger partial charge in [-0.3, -0.25) is 4.79 Å². The Hall–Kier alpha value is -1.47. The number of carbonyl (C=O) groups is 1. The molecule has 0 aliphatic carbocycles. The molecule has 108 valence electrons. The molecule has 0 radical (unpaired) electrons. The van der Waals surface area contributed by atoms with Gasteiger partial charge < -0.3 is 15.4 Å². The fourth-order valence-corrected chi connectivity index (χ4v) is 4.23. The van der Waals surface area contributed by atoms with Crippen molar-refractivity contribution in [2.75, 3.05) is 28.7 Å². The summed E-state index contributed by atoms with van der Waals surface area (Å²) in [6.07, 6.45) is 0.563. The van der Waals surface area contributed by atoms with E-state index < -0.39 is 9.84 Å². The van der Waals surface area contributed by atoms with E-state index in [0.717, 1.165) is 0 Å². The van der Waals surface area contributed by atoms with E-state index in [9.17, 15) is 13.2 Å². The van der Waals surface area contributed by atoms with Gasteiger partial charge in [-0.1, -0.05) is 11.6 Å². The van der Waals surface area contributed by atoms with Gasteiger partial charge in [0, 0.05) is 12.1 Å². The Morgan fingerprint density at radius 2 is 2.20 bits per heavy atom. The molecule has 1 aromatic rings. The van der Waals surface area contributed by atoms with Gasteiger partial charge in [0.1, 0.15) is 5.75 Å². The molecule has 20 heavy (non-hydrogen) atoms. The lowest BCUT2D eigenvalue weighted by atomic mass is 10.2. The predicted molar refractivity (Wildman–Crippen MR) is 76.3 cm³/mol. The third-order valence-corrected chi connectivity index (χ3v) is 5.37. The SMILES string of the molecule is O=C1COc2cc(NC3CCS(=O)(=O)C3)c(Cl)cc2N1. The molecule has 0 spiro atoms. The number of hydrogen-bond acceptors (Lipinski definition) is 5. The van der Waals surface area contributed by atoms with Crippen LogP contribution < -0.4 is 15.4 Å². The van der Waals surface area contributed by atoms with Crippen molar-refractivity contribution < 1.29 is 17.9 Å². The Kier molecular flexibility index (Phi) is 3.25. The van der Waals surface area contributed by atoms with Gasteiger partial charge in [0.2, 0.25) is 0 Å². The Morgan fingerprint density at radius 3 is 2.90 bits per heavy atom. The summed E-state index contributed by atoms with van der Waals surface area (Å²) in [6.45, 7) is -0.0358. The van der Waals surface area contributed by atoms with Crippen molar-refractivity contribution in [2.24, 2.45) is 0 Å². The number of carbonyl (C=O) groups excluding carboxylic acids is 1. The number of anilines is 2. The summed E-state index contributed by atoms with van der Waals surface area (Å²) in [4.78, 5) is 11.2. The molecule has 1 atom stereocenters. The van der Waals surface area contributed by atoms with Crippen molar-refractivity contribution in [1.29, 1.82) is 0 Å². The number of fused-ring (bicyclic) bond motifs is 1. The van der Waals surface area contributed by atoms with Gasteiger partial charge in [-0.05, 0) is 12.5 Å². The predicted octanol–water partition coefficient (Wildman–Crippen LogP) is 1.27. The van der Waals surface area contributed by atoms with E-state index in [2.05, 4.69) is 10.6 Å². The number of sulfone groups is 1. The average molecular weight is 317 g/mol. The molecule has 2 heterocycles. The molecule has 8 heteroatoms. The van der Waals surface area contributed by atoms with E-state index >= 15 is 0 Å². The topological polar surface area (TPSA) is 84.5 Å². The number of hydrogen-bond donors (Lipinski definition) is 2. The first-order chi connectivity index (χ1) is 9.43. The van der Waals surface area contributed by atoms with Crippen LogP contribution in [0.3, 0.4) is 0 Å². The number of ether oxygens (including phenoxy) is 1. The first kappa shape index (κ1) is 13.5. The van der Waals surface area contributed by atoms with Crippen LogP contribution in [0, 0.1) is 0 Å². The number of nitrogens with one attached hydrogen (secondary N) is 2. The van der Waals surface area contributed by atoms with Crippen molar-refractivity contribution in [1.82, 2.24) is 0 Å². The Labute approximate surface area is 121 Å². The first-order valence-corrected chi connectivity index (χ1v) is 8.36. The molecule has 2 aliphatic rings. The molecule has 2 N–H and O–H groups in total. The summed E-state index contributed by atoms with van der Waals surface area (Å²) in [5.41, 5.74) is 1.14. The minimum Gasteiger partial charge on any atom is -0.482 e. The summed E-state index contributed by atoms with van der Waals surface area (Å²) in [5, 5.41) is 6.20. The standard InChI is InChI=1S/C12H13ClN2O4S/c13-8-3-10-11(19-5-12(16)15-10)4-9(8)14-7-1-2-20(17,18)6-7/h3-4,7,14H,1-2,5-6H2,(H,15,16). The molecule has 0 aromatic heterocycles. The highest BCUT2D eigenvalue weighted by atomic mass is 35.5. The highest BCUT2D eigenvalue weighted by Crippen LogP contribution is 2.37. The normalized spacial score (nSPS) is 23.6. The van der Waals surface area contributed by atoms with E-state index in [-0.39, 0.29) is 30.1 Å². The van der Waals surface area contributed by atoms with Crippen LogP contribution in [0.4, 0.5) is 11.4 Å². The van der Waals surface area contributed by atoms with Crippen LogP contribution in [0.2, 0.25) is 5.02 Å². The van der Waals surface area contributed by atoms with E-state index in [1.165, 1.54) is 0 Å². The third kappa shape index (κ3) is 2.69. The number of amides is 1. The minimum absolute atomic E-state index is 0.0358. The fourth-order valence-electron chi connectivity index (χ4n) is 2.34. The highest BCUT2D eigenvalue weighted by molar-refractivity contribution is 7.91. The zero-order valence-electron chi connectivity index (χ0n) is 10.5. The van der Waals surface area contributed by atoms with Gasteiger partial charge in [0.15, 0.2) is 16.4 Å². The maximum atomic E-state index is 11.4. The zero-order valence-corrected chi connectivity index (χ0v) is 12.1. The van der Waals surface area contributed by atoms with Crippen LogP contribution in [-0.4, -0.2) is 38.5 Å². The van der Waals surface area contributed by atoms with E-state index in [1.807, 2.05) is 0 Å². The molecule has 3 rings (SSSR count). The van der Waals surface area contributed by atoms with Crippen LogP contribution in [0.25, 0.3) is 0 Å². The minimum atomic E-state index is -2.95. The molecule has 1 saturated heterocycles.